The van der Waals surface area contributed by atoms with E-state index in [1.807, 2.05) is 0 Å². The van der Waals surface area contributed by atoms with E-state index in [4.69, 9.17) is 5.73 Å². The first-order chi connectivity index (χ1) is 8.24. The molecule has 1 aliphatic rings. The second kappa shape index (κ2) is 6.18. The first kappa shape index (κ1) is 12.6. The van der Waals surface area contributed by atoms with Gasteiger partial charge in [-0.15, -0.1) is 0 Å². The smallest absolute Gasteiger partial charge is 0.0205 e. The summed E-state index contributed by atoms with van der Waals surface area (Å²) in [6.45, 7) is 4.26. The van der Waals surface area contributed by atoms with Crippen LogP contribution in [0.5, 0.6) is 0 Å². The molecule has 94 valence electrons. The van der Waals surface area contributed by atoms with Crippen LogP contribution in [-0.4, -0.2) is 12.6 Å². The molecule has 17 heavy (non-hydrogen) atoms. The van der Waals surface area contributed by atoms with E-state index in [0.29, 0.717) is 6.04 Å². The lowest BCUT2D eigenvalue weighted by atomic mass is 9.86. The van der Waals surface area contributed by atoms with Crippen molar-refractivity contribution in [3.05, 3.63) is 35.4 Å². The summed E-state index contributed by atoms with van der Waals surface area (Å²) in [5.74, 6) is 0.834. The van der Waals surface area contributed by atoms with Crippen LogP contribution in [0.2, 0.25) is 0 Å². The first-order valence-electron chi connectivity index (χ1n) is 6.76. The molecule has 1 fully saturated rings. The van der Waals surface area contributed by atoms with E-state index >= 15 is 0 Å². The molecule has 1 aromatic carbocycles. The molecular formula is C15H24N2. The molecular weight excluding hydrogens is 208 g/mol. The highest BCUT2D eigenvalue weighted by molar-refractivity contribution is 5.21. The van der Waals surface area contributed by atoms with Gasteiger partial charge >= 0.3 is 0 Å². The predicted molar refractivity (Wildman–Crippen MR) is 72.8 cm³/mol. The fraction of sp³-hybridized carbons (Fsp3) is 0.600. The van der Waals surface area contributed by atoms with Crippen LogP contribution in [0.4, 0.5) is 0 Å². The van der Waals surface area contributed by atoms with E-state index in [0.717, 1.165) is 19.0 Å². The van der Waals surface area contributed by atoms with Gasteiger partial charge in [-0.25, -0.2) is 0 Å². The molecule has 2 rings (SSSR count). The van der Waals surface area contributed by atoms with Crippen LogP contribution in [-0.2, 0) is 6.54 Å². The van der Waals surface area contributed by atoms with Gasteiger partial charge in [0.15, 0.2) is 0 Å². The van der Waals surface area contributed by atoms with Gasteiger partial charge in [0.25, 0.3) is 0 Å². The molecule has 2 heteroatoms. The Kier molecular flexibility index (Phi) is 4.57. The fourth-order valence-corrected chi connectivity index (χ4v) is 2.52. The predicted octanol–water partition coefficient (Wildman–Crippen LogP) is 2.60. The van der Waals surface area contributed by atoms with E-state index in [9.17, 15) is 0 Å². The van der Waals surface area contributed by atoms with Crippen LogP contribution in [0.3, 0.4) is 0 Å². The zero-order chi connectivity index (χ0) is 12.1. The lowest BCUT2D eigenvalue weighted by Crippen LogP contribution is -2.31. The van der Waals surface area contributed by atoms with Crippen LogP contribution in [0.1, 0.15) is 36.8 Å². The van der Waals surface area contributed by atoms with Crippen LogP contribution in [0.15, 0.2) is 24.3 Å². The summed E-state index contributed by atoms with van der Waals surface area (Å²) in [5.41, 5.74) is 8.62. The summed E-state index contributed by atoms with van der Waals surface area (Å²) in [5, 5.41) is 3.56. The maximum atomic E-state index is 5.91. The quantitative estimate of drug-likeness (QED) is 0.837. The van der Waals surface area contributed by atoms with E-state index in [1.54, 1.807) is 0 Å². The molecule has 0 radical (unpaired) electrons. The van der Waals surface area contributed by atoms with Gasteiger partial charge in [0.2, 0.25) is 0 Å². The Balaban J connectivity index is 1.67. The van der Waals surface area contributed by atoms with Gasteiger partial charge in [-0.2, -0.15) is 0 Å². The minimum atomic E-state index is 0.461. The minimum Gasteiger partial charge on any atom is -0.328 e. The monoisotopic (exact) mass is 232 g/mol. The topological polar surface area (TPSA) is 38.0 Å². The lowest BCUT2D eigenvalue weighted by Gasteiger charge is -2.26. The molecule has 0 atom stereocenters. The highest BCUT2D eigenvalue weighted by Gasteiger charge is 2.17. The lowest BCUT2D eigenvalue weighted by molar-refractivity contribution is 0.314. The Morgan fingerprint density at radius 3 is 2.41 bits per heavy atom. The highest BCUT2D eigenvalue weighted by Crippen LogP contribution is 2.22. The number of hydrogen-bond acceptors (Lipinski definition) is 2. The molecule has 0 aromatic heterocycles. The standard InChI is InChI=1S/C15H24N2/c1-12-2-4-13(5-3-12)10-17-11-14-6-8-15(16)9-7-14/h2-5,14-15,17H,6-11,16H2,1H3. The van der Waals surface area contributed by atoms with E-state index in [-0.39, 0.29) is 0 Å². The highest BCUT2D eigenvalue weighted by atomic mass is 14.9. The Morgan fingerprint density at radius 2 is 1.76 bits per heavy atom. The second-order valence-electron chi connectivity index (χ2n) is 5.40. The van der Waals surface area contributed by atoms with Crippen molar-refractivity contribution in [1.29, 1.82) is 0 Å². The summed E-state index contributed by atoms with van der Waals surface area (Å²) in [7, 11) is 0. The Morgan fingerprint density at radius 1 is 1.12 bits per heavy atom. The summed E-state index contributed by atoms with van der Waals surface area (Å²) in [6.07, 6.45) is 5.00. The molecule has 0 bridgehead atoms. The third kappa shape index (κ3) is 4.14. The van der Waals surface area contributed by atoms with Crippen LogP contribution in [0, 0.1) is 12.8 Å². The number of nitrogens with one attached hydrogen (secondary N) is 1. The Bertz CT molecular complexity index is 323. The van der Waals surface area contributed by atoms with Gasteiger partial charge in [0, 0.05) is 12.6 Å². The van der Waals surface area contributed by atoms with Crippen molar-refractivity contribution in [2.45, 2.75) is 45.2 Å². The average molecular weight is 232 g/mol. The molecule has 2 nitrogen and oxygen atoms in total. The van der Waals surface area contributed by atoms with Crippen molar-refractivity contribution < 1.29 is 0 Å². The Hall–Kier alpha value is -0.860. The number of hydrogen-bond donors (Lipinski definition) is 2. The summed E-state index contributed by atoms with van der Waals surface area (Å²) in [6, 6.07) is 9.23. The molecule has 0 heterocycles. The molecule has 0 spiro atoms. The third-order valence-corrected chi connectivity index (χ3v) is 3.77. The van der Waals surface area contributed by atoms with Crippen LogP contribution >= 0.6 is 0 Å². The largest absolute Gasteiger partial charge is 0.328 e. The van der Waals surface area contributed by atoms with E-state index in [2.05, 4.69) is 36.5 Å². The summed E-state index contributed by atoms with van der Waals surface area (Å²) >= 11 is 0. The van der Waals surface area contributed by atoms with Crippen molar-refractivity contribution in [3.8, 4) is 0 Å². The van der Waals surface area contributed by atoms with Crippen LogP contribution in [0.25, 0.3) is 0 Å². The first-order valence-corrected chi connectivity index (χ1v) is 6.76. The van der Waals surface area contributed by atoms with Crippen molar-refractivity contribution in [3.63, 3.8) is 0 Å². The van der Waals surface area contributed by atoms with E-state index < -0.39 is 0 Å². The van der Waals surface area contributed by atoms with Crippen molar-refractivity contribution >= 4 is 0 Å². The Labute approximate surface area is 105 Å². The minimum absolute atomic E-state index is 0.461. The van der Waals surface area contributed by atoms with E-state index in [1.165, 1.54) is 36.8 Å². The molecule has 1 aliphatic carbocycles. The maximum absolute atomic E-state index is 5.91. The SMILES string of the molecule is Cc1ccc(CNCC2CCC(N)CC2)cc1. The van der Waals surface area contributed by atoms with Gasteiger partial charge < -0.3 is 11.1 Å². The molecule has 0 aliphatic heterocycles. The number of nitrogens with two attached hydrogens (primary N) is 1. The van der Waals surface area contributed by atoms with Crippen molar-refractivity contribution in [2.75, 3.05) is 6.54 Å². The molecule has 0 unspecified atom stereocenters. The molecule has 1 saturated carbocycles. The van der Waals surface area contributed by atoms with Gasteiger partial charge in [-0.1, -0.05) is 29.8 Å². The third-order valence-electron chi connectivity index (χ3n) is 3.77. The van der Waals surface area contributed by atoms with Gasteiger partial charge in [-0.3, -0.25) is 0 Å². The molecule has 3 N–H and O–H groups in total. The zero-order valence-electron chi connectivity index (χ0n) is 10.8. The molecule has 0 saturated heterocycles. The number of benzene rings is 1. The summed E-state index contributed by atoms with van der Waals surface area (Å²) < 4.78 is 0. The van der Waals surface area contributed by atoms with Gasteiger partial charge in [0.05, 0.1) is 0 Å². The molecule has 0 amide bonds. The normalized spacial score (nSPS) is 24.8. The van der Waals surface area contributed by atoms with Crippen molar-refractivity contribution in [2.24, 2.45) is 11.7 Å². The maximum Gasteiger partial charge on any atom is 0.0205 e. The zero-order valence-corrected chi connectivity index (χ0v) is 10.8. The van der Waals surface area contributed by atoms with Crippen LogP contribution < -0.4 is 11.1 Å². The van der Waals surface area contributed by atoms with Gasteiger partial charge in [-0.05, 0) is 50.6 Å². The summed E-state index contributed by atoms with van der Waals surface area (Å²) in [4.78, 5) is 0. The number of aryl methyl sites for hydroxylation is 1. The number of rotatable bonds is 4. The van der Waals surface area contributed by atoms with Crippen molar-refractivity contribution in [1.82, 2.24) is 5.32 Å². The second-order valence-corrected chi connectivity index (χ2v) is 5.40. The van der Waals surface area contributed by atoms with Gasteiger partial charge in [0.1, 0.15) is 0 Å². The fourth-order valence-electron chi connectivity index (χ4n) is 2.52. The average Bonchev–Trinajstić information content (AvgIpc) is 2.34. The molecule has 1 aromatic rings.